The highest BCUT2D eigenvalue weighted by Gasteiger charge is 2.32. The molecule has 2 fully saturated rings. The molecule has 0 bridgehead atoms. The molecule has 1 aliphatic carbocycles. The van der Waals surface area contributed by atoms with Crippen LogP contribution in [0.15, 0.2) is 18.2 Å². The van der Waals surface area contributed by atoms with Crippen LogP contribution >= 0.6 is 0 Å². The van der Waals surface area contributed by atoms with Crippen molar-refractivity contribution in [1.29, 1.82) is 0 Å². The summed E-state index contributed by atoms with van der Waals surface area (Å²) in [5.74, 6) is 1.56. The van der Waals surface area contributed by atoms with Gasteiger partial charge >= 0.3 is 0 Å². The molecule has 120 valence electrons. The first kappa shape index (κ1) is 15.2. The standard InChI is InChI=1S/C17H24N2O3/c1-21-15-6-3-13(11-16(15)22-2)12-17(20)19-9-7-18(8-10-19)14-4-5-14/h3,6,11,14H,4-5,7-10,12H2,1-2H3. The fourth-order valence-corrected chi connectivity index (χ4v) is 3.05. The van der Waals surface area contributed by atoms with Crippen LogP contribution < -0.4 is 9.47 Å². The highest BCUT2D eigenvalue weighted by atomic mass is 16.5. The van der Waals surface area contributed by atoms with E-state index in [1.165, 1.54) is 12.8 Å². The van der Waals surface area contributed by atoms with Gasteiger partial charge in [-0.2, -0.15) is 0 Å². The fourth-order valence-electron chi connectivity index (χ4n) is 3.05. The zero-order valence-electron chi connectivity index (χ0n) is 13.4. The second kappa shape index (κ2) is 6.57. The van der Waals surface area contributed by atoms with Gasteiger partial charge in [0.1, 0.15) is 0 Å². The number of ether oxygens (including phenoxy) is 2. The van der Waals surface area contributed by atoms with Crippen LogP contribution in [0.2, 0.25) is 0 Å². The predicted octanol–water partition coefficient (Wildman–Crippen LogP) is 1.55. The van der Waals surface area contributed by atoms with Gasteiger partial charge in [-0.1, -0.05) is 6.07 Å². The molecule has 1 amide bonds. The van der Waals surface area contributed by atoms with Crippen LogP contribution in [0.4, 0.5) is 0 Å². The Bertz CT molecular complexity index is 535. The first-order chi connectivity index (χ1) is 10.7. The first-order valence-corrected chi connectivity index (χ1v) is 7.94. The maximum absolute atomic E-state index is 12.4. The van der Waals surface area contributed by atoms with E-state index in [4.69, 9.17) is 9.47 Å². The second-order valence-electron chi connectivity index (χ2n) is 6.01. The normalized spacial score (nSPS) is 19.1. The lowest BCUT2D eigenvalue weighted by Crippen LogP contribution is -2.49. The number of rotatable bonds is 5. The van der Waals surface area contributed by atoms with E-state index < -0.39 is 0 Å². The molecule has 5 nitrogen and oxygen atoms in total. The van der Waals surface area contributed by atoms with Crippen molar-refractivity contribution in [2.45, 2.75) is 25.3 Å². The van der Waals surface area contributed by atoms with E-state index in [1.54, 1.807) is 14.2 Å². The molecule has 1 saturated carbocycles. The van der Waals surface area contributed by atoms with Crippen molar-refractivity contribution in [3.05, 3.63) is 23.8 Å². The smallest absolute Gasteiger partial charge is 0.227 e. The molecular weight excluding hydrogens is 280 g/mol. The molecule has 1 aliphatic heterocycles. The number of hydrogen-bond donors (Lipinski definition) is 0. The fraction of sp³-hybridized carbons (Fsp3) is 0.588. The minimum atomic E-state index is 0.197. The number of amides is 1. The van der Waals surface area contributed by atoms with Crippen molar-refractivity contribution < 1.29 is 14.3 Å². The van der Waals surface area contributed by atoms with Gasteiger partial charge in [-0.15, -0.1) is 0 Å². The maximum atomic E-state index is 12.4. The Morgan fingerprint density at radius 2 is 1.77 bits per heavy atom. The average Bonchev–Trinajstić information content (AvgIpc) is 3.39. The van der Waals surface area contributed by atoms with E-state index in [-0.39, 0.29) is 5.91 Å². The van der Waals surface area contributed by atoms with Crippen molar-refractivity contribution in [2.24, 2.45) is 0 Å². The molecule has 0 radical (unpaired) electrons. The number of carbonyl (C=O) groups excluding carboxylic acids is 1. The third-order valence-electron chi connectivity index (χ3n) is 4.53. The van der Waals surface area contributed by atoms with Gasteiger partial charge in [0.15, 0.2) is 11.5 Å². The Hall–Kier alpha value is -1.75. The van der Waals surface area contributed by atoms with Crippen molar-refractivity contribution in [3.63, 3.8) is 0 Å². The molecule has 0 spiro atoms. The summed E-state index contributed by atoms with van der Waals surface area (Å²) >= 11 is 0. The van der Waals surface area contributed by atoms with Crippen LogP contribution in [0.1, 0.15) is 18.4 Å². The minimum absolute atomic E-state index is 0.197. The molecule has 5 heteroatoms. The third-order valence-corrected chi connectivity index (χ3v) is 4.53. The number of hydrogen-bond acceptors (Lipinski definition) is 4. The number of benzene rings is 1. The molecule has 0 unspecified atom stereocenters. The molecule has 0 aromatic heterocycles. The molecule has 1 aromatic rings. The topological polar surface area (TPSA) is 42.0 Å². The molecule has 1 heterocycles. The van der Waals surface area contributed by atoms with Gasteiger partial charge in [0.25, 0.3) is 0 Å². The number of nitrogens with zero attached hydrogens (tertiary/aromatic N) is 2. The highest BCUT2D eigenvalue weighted by molar-refractivity contribution is 5.79. The summed E-state index contributed by atoms with van der Waals surface area (Å²) in [7, 11) is 3.22. The lowest BCUT2D eigenvalue weighted by atomic mass is 10.1. The van der Waals surface area contributed by atoms with Crippen LogP contribution in [0.5, 0.6) is 11.5 Å². The summed E-state index contributed by atoms with van der Waals surface area (Å²) in [5, 5.41) is 0. The quantitative estimate of drug-likeness (QED) is 0.828. The van der Waals surface area contributed by atoms with Gasteiger partial charge in [0.05, 0.1) is 20.6 Å². The van der Waals surface area contributed by atoms with Gasteiger partial charge < -0.3 is 14.4 Å². The summed E-state index contributed by atoms with van der Waals surface area (Å²) < 4.78 is 10.5. The molecule has 0 N–H and O–H groups in total. The van der Waals surface area contributed by atoms with Gasteiger partial charge in [-0.25, -0.2) is 0 Å². The zero-order chi connectivity index (χ0) is 15.5. The SMILES string of the molecule is COc1ccc(CC(=O)N2CCN(C3CC3)CC2)cc1OC. The molecule has 1 aromatic carbocycles. The van der Waals surface area contributed by atoms with Crippen LogP contribution in [-0.2, 0) is 11.2 Å². The van der Waals surface area contributed by atoms with Gasteiger partial charge in [-0.05, 0) is 30.5 Å². The van der Waals surface area contributed by atoms with E-state index in [2.05, 4.69) is 4.90 Å². The Kier molecular flexibility index (Phi) is 4.52. The lowest BCUT2D eigenvalue weighted by Gasteiger charge is -2.35. The van der Waals surface area contributed by atoms with Crippen LogP contribution in [0, 0.1) is 0 Å². The molecule has 1 saturated heterocycles. The molecule has 3 rings (SSSR count). The number of carbonyl (C=O) groups is 1. The van der Waals surface area contributed by atoms with Gasteiger partial charge in [-0.3, -0.25) is 9.69 Å². The average molecular weight is 304 g/mol. The maximum Gasteiger partial charge on any atom is 0.227 e. The van der Waals surface area contributed by atoms with Crippen LogP contribution in [0.25, 0.3) is 0 Å². The highest BCUT2D eigenvalue weighted by Crippen LogP contribution is 2.29. The van der Waals surface area contributed by atoms with Crippen molar-refractivity contribution >= 4 is 5.91 Å². The summed E-state index contributed by atoms with van der Waals surface area (Å²) in [5.41, 5.74) is 0.965. The van der Waals surface area contributed by atoms with Gasteiger partial charge in [0, 0.05) is 32.2 Å². The molecule has 2 aliphatic rings. The largest absolute Gasteiger partial charge is 0.493 e. The first-order valence-electron chi connectivity index (χ1n) is 7.94. The summed E-state index contributed by atoms with van der Waals surface area (Å²) in [6.07, 6.45) is 3.09. The lowest BCUT2D eigenvalue weighted by molar-refractivity contribution is -0.132. The summed E-state index contributed by atoms with van der Waals surface area (Å²) in [6, 6.07) is 6.46. The van der Waals surface area contributed by atoms with E-state index in [0.29, 0.717) is 17.9 Å². The van der Waals surface area contributed by atoms with E-state index >= 15 is 0 Å². The number of piperazine rings is 1. The van der Waals surface area contributed by atoms with E-state index in [0.717, 1.165) is 37.8 Å². The predicted molar refractivity (Wildman–Crippen MR) is 84.4 cm³/mol. The number of methoxy groups -OCH3 is 2. The molecule has 22 heavy (non-hydrogen) atoms. The monoisotopic (exact) mass is 304 g/mol. The summed E-state index contributed by atoms with van der Waals surface area (Å²) in [6.45, 7) is 3.73. The van der Waals surface area contributed by atoms with Crippen LogP contribution in [-0.4, -0.2) is 62.1 Å². The third kappa shape index (κ3) is 3.35. The Morgan fingerprint density at radius 1 is 1.09 bits per heavy atom. The minimum Gasteiger partial charge on any atom is -0.493 e. The van der Waals surface area contributed by atoms with E-state index in [1.807, 2.05) is 23.1 Å². The van der Waals surface area contributed by atoms with Crippen molar-refractivity contribution in [1.82, 2.24) is 9.80 Å². The molecular formula is C17H24N2O3. The second-order valence-corrected chi connectivity index (χ2v) is 6.01. The Labute approximate surface area is 131 Å². The van der Waals surface area contributed by atoms with E-state index in [9.17, 15) is 4.79 Å². The van der Waals surface area contributed by atoms with Crippen molar-refractivity contribution in [3.8, 4) is 11.5 Å². The Morgan fingerprint density at radius 3 is 2.36 bits per heavy atom. The van der Waals surface area contributed by atoms with Crippen LogP contribution in [0.3, 0.4) is 0 Å². The summed E-state index contributed by atoms with van der Waals surface area (Å²) in [4.78, 5) is 16.9. The zero-order valence-corrected chi connectivity index (χ0v) is 13.4. The molecule has 0 atom stereocenters. The van der Waals surface area contributed by atoms with Crippen molar-refractivity contribution in [2.75, 3.05) is 40.4 Å². The van der Waals surface area contributed by atoms with Gasteiger partial charge in [0.2, 0.25) is 5.91 Å². The Balaban J connectivity index is 1.57.